The molecule has 0 unspecified atom stereocenters. The van der Waals surface area contributed by atoms with Crippen molar-refractivity contribution < 1.29 is 4.79 Å². The number of carbonyl (C=O) groups is 1. The summed E-state index contributed by atoms with van der Waals surface area (Å²) in [5.74, 6) is 0. The van der Waals surface area contributed by atoms with Gasteiger partial charge in [0, 0.05) is 14.1 Å². The molecule has 0 aromatic heterocycles. The van der Waals surface area contributed by atoms with Crippen molar-refractivity contribution in [3.63, 3.8) is 0 Å². The number of nitrogens with zero attached hydrogens (tertiary/aromatic N) is 1. The van der Waals surface area contributed by atoms with Gasteiger partial charge in [-0.25, -0.2) is 0 Å². The van der Waals surface area contributed by atoms with E-state index >= 15 is 0 Å². The topological polar surface area (TPSA) is 32.3 Å². The molecule has 0 aromatic rings. The molecule has 0 aliphatic carbocycles. The highest BCUT2D eigenvalue weighted by Crippen LogP contribution is 1.49. The zero-order chi connectivity index (χ0) is 6.28. The molecule has 0 fully saturated rings. The van der Waals surface area contributed by atoms with Crippen molar-refractivity contribution in [1.29, 1.82) is 0 Å². The van der Waals surface area contributed by atoms with Crippen molar-refractivity contribution in [2.24, 2.45) is 0 Å². The summed E-state index contributed by atoms with van der Waals surface area (Å²) in [5, 5.41) is 1.88. The van der Waals surface area contributed by atoms with Gasteiger partial charge in [-0.05, 0) is 7.05 Å². The van der Waals surface area contributed by atoms with Crippen molar-refractivity contribution in [3.05, 3.63) is 0 Å². The summed E-state index contributed by atoms with van der Waals surface area (Å²) >= 11 is 0. The van der Waals surface area contributed by atoms with Crippen molar-refractivity contribution in [3.8, 4) is 0 Å². The Balaban J connectivity index is 0. The Hall–Kier alpha value is -0.410. The summed E-state index contributed by atoms with van der Waals surface area (Å²) in [6.45, 7) is 2.00. The lowest BCUT2D eigenvalue weighted by atomic mass is 11.1. The van der Waals surface area contributed by atoms with Gasteiger partial charge in [-0.3, -0.25) is 10.4 Å². The highest BCUT2D eigenvalue weighted by molar-refractivity contribution is 5.10. The second-order valence-corrected chi connectivity index (χ2v) is 1.12. The van der Waals surface area contributed by atoms with Crippen molar-refractivity contribution in [1.82, 2.24) is 10.4 Å². The van der Waals surface area contributed by atoms with E-state index in [1.165, 1.54) is 0 Å². The number of nitrogens with one attached hydrogen (secondary N) is 1. The van der Waals surface area contributed by atoms with Gasteiger partial charge in [0.1, 0.15) is 6.79 Å². The van der Waals surface area contributed by atoms with Crippen LogP contribution in [0, 0.1) is 0 Å². The lowest BCUT2D eigenvalue weighted by Crippen LogP contribution is -2.25. The van der Waals surface area contributed by atoms with Crippen molar-refractivity contribution in [2.45, 2.75) is 0 Å². The Kier molecular flexibility index (Phi) is 12.8. The average Bonchev–Trinajstić information content (AvgIpc) is 1.73. The van der Waals surface area contributed by atoms with Gasteiger partial charge in [0.25, 0.3) is 0 Å². The molecule has 0 saturated heterocycles. The Bertz CT molecular complexity index is 30.9. The summed E-state index contributed by atoms with van der Waals surface area (Å²) in [5.41, 5.74) is 2.86. The molecule has 1 N–H and O–H groups in total. The largest absolute Gasteiger partial charge is 0.307 e. The molecule has 0 rings (SSSR count). The first kappa shape index (κ1) is 9.77. The predicted octanol–water partition coefficient (Wildman–Crippen LogP) is -0.502. The first-order valence-electron chi connectivity index (χ1n) is 1.91. The highest BCUT2D eigenvalue weighted by Gasteiger charge is 1.68. The fraction of sp³-hybridized carbons (Fsp3) is 0.750. The second kappa shape index (κ2) is 9.14. The highest BCUT2D eigenvalue weighted by atomic mass is 16.1. The van der Waals surface area contributed by atoms with E-state index in [0.29, 0.717) is 0 Å². The maximum absolute atomic E-state index is 8.00. The normalized spacial score (nSPS) is 7.43. The molecule has 0 spiro atoms. The van der Waals surface area contributed by atoms with Crippen LogP contribution < -0.4 is 5.43 Å². The number of hydrazine groups is 1. The lowest BCUT2D eigenvalue weighted by Gasteiger charge is -2.02. The summed E-state index contributed by atoms with van der Waals surface area (Å²) < 4.78 is 0. The number of rotatable bonds is 1. The third kappa shape index (κ3) is 28.5. The van der Waals surface area contributed by atoms with Gasteiger partial charge in [-0.1, -0.05) is 0 Å². The Morgan fingerprint density at radius 3 is 1.57 bits per heavy atom. The molecule has 0 bridgehead atoms. The third-order valence-electron chi connectivity index (χ3n) is 0.447. The quantitative estimate of drug-likeness (QED) is 0.455. The van der Waals surface area contributed by atoms with Gasteiger partial charge in [-0.15, -0.1) is 0 Å². The van der Waals surface area contributed by atoms with Crippen LogP contribution in [0.25, 0.3) is 0 Å². The van der Waals surface area contributed by atoms with Crippen LogP contribution in [0.4, 0.5) is 0 Å². The Morgan fingerprint density at radius 2 is 1.57 bits per heavy atom. The molecule has 3 heteroatoms. The SMILES string of the molecule is C=O.CNN(C)C. The number of hydrogen-bond donors (Lipinski definition) is 1. The Morgan fingerprint density at radius 1 is 1.43 bits per heavy atom. The van der Waals surface area contributed by atoms with Crippen LogP contribution in [0.3, 0.4) is 0 Å². The first-order valence-corrected chi connectivity index (χ1v) is 1.91. The van der Waals surface area contributed by atoms with Gasteiger partial charge in [0.2, 0.25) is 0 Å². The van der Waals surface area contributed by atoms with Crippen molar-refractivity contribution in [2.75, 3.05) is 21.1 Å². The second-order valence-electron chi connectivity index (χ2n) is 1.12. The van der Waals surface area contributed by atoms with Gasteiger partial charge < -0.3 is 4.79 Å². The molecule has 0 aromatic carbocycles. The van der Waals surface area contributed by atoms with Crippen LogP contribution in [-0.4, -0.2) is 32.9 Å². The van der Waals surface area contributed by atoms with Crippen LogP contribution in [0.15, 0.2) is 0 Å². The molecule has 0 radical (unpaired) electrons. The van der Waals surface area contributed by atoms with E-state index in [0.717, 1.165) is 0 Å². The van der Waals surface area contributed by atoms with Gasteiger partial charge in [0.05, 0.1) is 0 Å². The fourth-order valence-corrected chi connectivity index (χ4v) is 0. The number of hydrogen-bond acceptors (Lipinski definition) is 3. The minimum atomic E-state index is 1.88. The lowest BCUT2D eigenvalue weighted by molar-refractivity contribution is -0.0979. The van der Waals surface area contributed by atoms with E-state index in [-0.39, 0.29) is 0 Å². The fourth-order valence-electron chi connectivity index (χ4n) is 0. The molecule has 0 saturated carbocycles. The third-order valence-corrected chi connectivity index (χ3v) is 0.447. The summed E-state index contributed by atoms with van der Waals surface area (Å²) in [6, 6.07) is 0. The summed E-state index contributed by atoms with van der Waals surface area (Å²) in [6.07, 6.45) is 0. The van der Waals surface area contributed by atoms with Gasteiger partial charge >= 0.3 is 0 Å². The predicted molar refractivity (Wildman–Crippen MR) is 29.9 cm³/mol. The molecule has 7 heavy (non-hydrogen) atoms. The van der Waals surface area contributed by atoms with Gasteiger partial charge in [-0.2, -0.15) is 0 Å². The maximum atomic E-state index is 8.00. The maximum Gasteiger partial charge on any atom is 0.106 e. The average molecular weight is 104 g/mol. The minimum absolute atomic E-state index is 1.88. The zero-order valence-electron chi connectivity index (χ0n) is 5.06. The zero-order valence-corrected chi connectivity index (χ0v) is 5.06. The summed E-state index contributed by atoms with van der Waals surface area (Å²) in [4.78, 5) is 8.00. The number of carbonyl (C=O) groups excluding carboxylic acids is 1. The van der Waals surface area contributed by atoms with E-state index in [9.17, 15) is 0 Å². The van der Waals surface area contributed by atoms with E-state index in [4.69, 9.17) is 4.79 Å². The van der Waals surface area contributed by atoms with E-state index in [1.807, 2.05) is 32.9 Å². The smallest absolute Gasteiger partial charge is 0.106 e. The van der Waals surface area contributed by atoms with Crippen LogP contribution in [0.2, 0.25) is 0 Å². The van der Waals surface area contributed by atoms with Crippen LogP contribution >= 0.6 is 0 Å². The summed E-state index contributed by atoms with van der Waals surface area (Å²) in [7, 11) is 5.76. The van der Waals surface area contributed by atoms with Crippen LogP contribution in [0.1, 0.15) is 0 Å². The van der Waals surface area contributed by atoms with E-state index in [2.05, 4.69) is 5.43 Å². The Labute approximate surface area is 44.3 Å². The van der Waals surface area contributed by atoms with Crippen molar-refractivity contribution >= 4 is 6.79 Å². The molecule has 0 heterocycles. The van der Waals surface area contributed by atoms with Gasteiger partial charge in [0.15, 0.2) is 0 Å². The van der Waals surface area contributed by atoms with E-state index in [1.54, 1.807) is 0 Å². The minimum Gasteiger partial charge on any atom is -0.307 e. The molecular weight excluding hydrogens is 92.1 g/mol. The molecule has 0 atom stereocenters. The molecular formula is C4H12N2O. The first-order chi connectivity index (χ1) is 3.27. The van der Waals surface area contributed by atoms with Crippen LogP contribution in [-0.2, 0) is 4.79 Å². The molecule has 0 amide bonds. The molecule has 44 valence electrons. The van der Waals surface area contributed by atoms with E-state index < -0.39 is 0 Å². The standard InChI is InChI=1S/C3H10N2.CH2O/c1-4-5(2)3;1-2/h4H,1-3H3;1H2. The monoisotopic (exact) mass is 104 g/mol. The molecule has 0 aliphatic heterocycles. The molecule has 3 nitrogen and oxygen atoms in total. The van der Waals surface area contributed by atoms with Crippen LogP contribution in [0.5, 0.6) is 0 Å². The molecule has 0 aliphatic rings.